The number of nitrogens with one attached hydrogen (secondary N) is 2. The van der Waals surface area contributed by atoms with Crippen molar-refractivity contribution >= 4 is 28.2 Å². The Kier molecular flexibility index (Phi) is 3.43. The van der Waals surface area contributed by atoms with E-state index in [1.807, 2.05) is 0 Å². The number of benzene rings is 2. The van der Waals surface area contributed by atoms with Crippen molar-refractivity contribution in [2.24, 2.45) is 0 Å². The van der Waals surface area contributed by atoms with Gasteiger partial charge in [-0.3, -0.25) is 0 Å². The van der Waals surface area contributed by atoms with Gasteiger partial charge in [0.25, 0.3) is 0 Å². The molecule has 0 spiro atoms. The Labute approximate surface area is 128 Å². The van der Waals surface area contributed by atoms with E-state index in [-0.39, 0.29) is 16.8 Å². The molecule has 5 nitrogen and oxygen atoms in total. The van der Waals surface area contributed by atoms with Crippen LogP contribution in [0.4, 0.5) is 20.2 Å². The number of carbonyl (C=O) groups is 1. The molecule has 1 aromatic heterocycles. The van der Waals surface area contributed by atoms with Gasteiger partial charge in [0.15, 0.2) is 0 Å². The van der Waals surface area contributed by atoms with Gasteiger partial charge >= 0.3 is 5.97 Å². The standard InChI is InChI=1S/C16H9F2N3O2/c17-11-2-1-9(5-8(11)7-19)20-13-4-3-12(18)15-10(13)6-14(21-15)16(22)23/h1-6,20-21H,(H,22,23). The Bertz CT molecular complexity index is 973. The number of carboxylic acid groups (broad SMARTS) is 1. The number of aromatic carboxylic acids is 1. The SMILES string of the molecule is N#Cc1cc(Nc2ccc(F)c3[nH]c(C(=O)O)cc23)ccc1F. The predicted molar refractivity (Wildman–Crippen MR) is 79.6 cm³/mol. The van der Waals surface area contributed by atoms with Gasteiger partial charge in [-0.15, -0.1) is 0 Å². The molecule has 23 heavy (non-hydrogen) atoms. The lowest BCUT2D eigenvalue weighted by Crippen LogP contribution is -1.95. The van der Waals surface area contributed by atoms with Crippen LogP contribution in [0.2, 0.25) is 0 Å². The van der Waals surface area contributed by atoms with Crippen LogP contribution in [0.3, 0.4) is 0 Å². The Morgan fingerprint density at radius 2 is 1.91 bits per heavy atom. The fourth-order valence-electron chi connectivity index (χ4n) is 2.25. The molecule has 0 aliphatic heterocycles. The maximum Gasteiger partial charge on any atom is 0.352 e. The van der Waals surface area contributed by atoms with Gasteiger partial charge in [0.1, 0.15) is 23.4 Å². The van der Waals surface area contributed by atoms with Crippen LogP contribution in [0.15, 0.2) is 36.4 Å². The van der Waals surface area contributed by atoms with E-state index in [2.05, 4.69) is 10.3 Å². The fourth-order valence-corrected chi connectivity index (χ4v) is 2.25. The van der Waals surface area contributed by atoms with Gasteiger partial charge in [0.05, 0.1) is 11.1 Å². The number of aromatic amines is 1. The van der Waals surface area contributed by atoms with Crippen molar-refractivity contribution in [3.63, 3.8) is 0 Å². The minimum Gasteiger partial charge on any atom is -0.477 e. The number of nitrogens with zero attached hydrogens (tertiary/aromatic N) is 1. The van der Waals surface area contributed by atoms with Crippen LogP contribution >= 0.6 is 0 Å². The molecular weight excluding hydrogens is 304 g/mol. The van der Waals surface area contributed by atoms with Crippen LogP contribution in [0, 0.1) is 23.0 Å². The largest absolute Gasteiger partial charge is 0.477 e. The van der Waals surface area contributed by atoms with Gasteiger partial charge in [-0.1, -0.05) is 0 Å². The summed E-state index contributed by atoms with van der Waals surface area (Å²) in [6.07, 6.45) is 0. The Morgan fingerprint density at radius 1 is 1.17 bits per heavy atom. The number of rotatable bonds is 3. The van der Waals surface area contributed by atoms with Gasteiger partial charge in [-0.05, 0) is 36.4 Å². The number of fused-ring (bicyclic) bond motifs is 1. The van der Waals surface area contributed by atoms with Gasteiger partial charge in [-0.2, -0.15) is 5.26 Å². The first-order valence-corrected chi connectivity index (χ1v) is 6.51. The number of carboxylic acids is 1. The second kappa shape index (κ2) is 5.42. The molecule has 7 heteroatoms. The first kappa shape index (κ1) is 14.5. The van der Waals surface area contributed by atoms with Crippen LogP contribution in [0.5, 0.6) is 0 Å². The smallest absolute Gasteiger partial charge is 0.352 e. The zero-order valence-corrected chi connectivity index (χ0v) is 11.5. The molecule has 0 aliphatic rings. The van der Waals surface area contributed by atoms with Crippen LogP contribution in [-0.2, 0) is 0 Å². The summed E-state index contributed by atoms with van der Waals surface area (Å²) in [5.41, 5.74) is 0.628. The van der Waals surface area contributed by atoms with Crippen LogP contribution < -0.4 is 5.32 Å². The molecule has 0 bridgehead atoms. The maximum atomic E-state index is 13.8. The van der Waals surface area contributed by atoms with Crippen molar-refractivity contribution in [1.29, 1.82) is 5.26 Å². The summed E-state index contributed by atoms with van der Waals surface area (Å²) in [6, 6.07) is 9.53. The molecule has 0 unspecified atom stereocenters. The van der Waals surface area contributed by atoms with Crippen LogP contribution in [-0.4, -0.2) is 16.1 Å². The molecule has 1 heterocycles. The molecule has 0 amide bonds. The lowest BCUT2D eigenvalue weighted by molar-refractivity contribution is 0.0691. The van der Waals surface area contributed by atoms with Crippen molar-refractivity contribution in [2.75, 3.05) is 5.32 Å². The first-order chi connectivity index (χ1) is 11.0. The average molecular weight is 313 g/mol. The highest BCUT2D eigenvalue weighted by Gasteiger charge is 2.14. The van der Waals surface area contributed by atoms with E-state index >= 15 is 0 Å². The summed E-state index contributed by atoms with van der Waals surface area (Å²) < 4.78 is 27.1. The van der Waals surface area contributed by atoms with Gasteiger partial charge in [0.2, 0.25) is 0 Å². The van der Waals surface area contributed by atoms with E-state index < -0.39 is 17.6 Å². The third kappa shape index (κ3) is 2.58. The maximum absolute atomic E-state index is 13.8. The van der Waals surface area contributed by atoms with Crippen LogP contribution in [0.1, 0.15) is 16.1 Å². The molecule has 3 N–H and O–H groups in total. The third-order valence-electron chi connectivity index (χ3n) is 3.34. The summed E-state index contributed by atoms with van der Waals surface area (Å²) >= 11 is 0. The van der Waals surface area contributed by atoms with Crippen molar-refractivity contribution in [3.8, 4) is 6.07 Å². The molecule has 0 atom stereocenters. The molecular formula is C16H9F2N3O2. The van der Waals surface area contributed by atoms with E-state index in [4.69, 9.17) is 10.4 Å². The third-order valence-corrected chi connectivity index (χ3v) is 3.34. The Morgan fingerprint density at radius 3 is 2.61 bits per heavy atom. The highest BCUT2D eigenvalue weighted by molar-refractivity contribution is 6.00. The minimum absolute atomic E-state index is 0.0509. The minimum atomic E-state index is -1.21. The molecule has 0 saturated carbocycles. The van der Waals surface area contributed by atoms with Crippen molar-refractivity contribution in [2.45, 2.75) is 0 Å². The molecule has 0 radical (unpaired) electrons. The number of H-pyrrole nitrogens is 1. The second-order valence-corrected chi connectivity index (χ2v) is 4.80. The lowest BCUT2D eigenvalue weighted by atomic mass is 10.1. The van der Waals surface area contributed by atoms with E-state index in [0.29, 0.717) is 16.8 Å². The Balaban J connectivity index is 2.08. The molecule has 0 aliphatic carbocycles. The fraction of sp³-hybridized carbons (Fsp3) is 0. The topological polar surface area (TPSA) is 88.9 Å². The highest BCUT2D eigenvalue weighted by atomic mass is 19.1. The predicted octanol–water partition coefficient (Wildman–Crippen LogP) is 3.76. The summed E-state index contributed by atoms with van der Waals surface area (Å²) in [6.45, 7) is 0. The highest BCUT2D eigenvalue weighted by Crippen LogP contribution is 2.29. The monoisotopic (exact) mass is 313 g/mol. The number of halogens is 2. The Hall–Kier alpha value is -3.40. The van der Waals surface area contributed by atoms with Gasteiger partial charge in [0, 0.05) is 16.8 Å². The van der Waals surface area contributed by atoms with Gasteiger partial charge in [-0.25, -0.2) is 13.6 Å². The van der Waals surface area contributed by atoms with E-state index in [1.165, 1.54) is 30.3 Å². The number of hydrogen-bond acceptors (Lipinski definition) is 3. The number of hydrogen-bond donors (Lipinski definition) is 3. The molecule has 3 rings (SSSR count). The number of nitriles is 1. The number of anilines is 2. The zero-order chi connectivity index (χ0) is 16.6. The summed E-state index contributed by atoms with van der Waals surface area (Å²) in [5.74, 6) is -2.44. The molecule has 0 saturated heterocycles. The van der Waals surface area contributed by atoms with Crippen molar-refractivity contribution in [3.05, 3.63) is 59.3 Å². The van der Waals surface area contributed by atoms with Gasteiger partial charge < -0.3 is 15.4 Å². The van der Waals surface area contributed by atoms with Crippen molar-refractivity contribution < 1.29 is 18.7 Å². The normalized spacial score (nSPS) is 10.5. The van der Waals surface area contributed by atoms with Crippen molar-refractivity contribution in [1.82, 2.24) is 4.98 Å². The van der Waals surface area contributed by atoms with E-state index in [9.17, 15) is 13.6 Å². The van der Waals surface area contributed by atoms with Crippen LogP contribution in [0.25, 0.3) is 10.9 Å². The first-order valence-electron chi connectivity index (χ1n) is 6.51. The molecule has 2 aromatic carbocycles. The molecule has 3 aromatic rings. The second-order valence-electron chi connectivity index (χ2n) is 4.80. The summed E-state index contributed by atoms with van der Waals surface area (Å²) in [5, 5.41) is 21.1. The molecule has 114 valence electrons. The van der Waals surface area contributed by atoms with E-state index in [0.717, 1.165) is 6.07 Å². The average Bonchev–Trinajstić information content (AvgIpc) is 2.98. The number of aromatic nitrogens is 1. The summed E-state index contributed by atoms with van der Waals surface area (Å²) in [4.78, 5) is 13.5. The lowest BCUT2D eigenvalue weighted by Gasteiger charge is -2.08. The quantitative estimate of drug-likeness (QED) is 0.687. The van der Waals surface area contributed by atoms with E-state index in [1.54, 1.807) is 6.07 Å². The summed E-state index contributed by atoms with van der Waals surface area (Å²) in [7, 11) is 0. The zero-order valence-electron chi connectivity index (χ0n) is 11.5. The molecule has 0 fully saturated rings.